The van der Waals surface area contributed by atoms with Crippen molar-refractivity contribution in [1.82, 2.24) is 0 Å². The van der Waals surface area contributed by atoms with E-state index in [2.05, 4.69) is 15.9 Å². The number of halogens is 3. The summed E-state index contributed by atoms with van der Waals surface area (Å²) in [6.07, 6.45) is 0. The van der Waals surface area contributed by atoms with Gasteiger partial charge in [0.15, 0.2) is 5.78 Å². The van der Waals surface area contributed by atoms with Crippen LogP contribution < -0.4 is 0 Å². The standard InChI is InChI=1S/C14H9BrCl2O/c1-8-2-3-9(6-13(8)17)14(18)10-4-11(15)7-12(16)5-10/h2-7H,1H3. The molecule has 0 fully saturated rings. The Morgan fingerprint density at radius 2 is 1.78 bits per heavy atom. The van der Waals surface area contributed by atoms with Crippen molar-refractivity contribution < 1.29 is 4.79 Å². The fourth-order valence-electron chi connectivity index (χ4n) is 1.59. The van der Waals surface area contributed by atoms with Crippen molar-refractivity contribution in [2.75, 3.05) is 0 Å². The monoisotopic (exact) mass is 342 g/mol. The molecule has 92 valence electrons. The average molecular weight is 344 g/mol. The van der Waals surface area contributed by atoms with Gasteiger partial charge in [-0.3, -0.25) is 4.79 Å². The van der Waals surface area contributed by atoms with Crippen LogP contribution >= 0.6 is 39.1 Å². The summed E-state index contributed by atoms with van der Waals surface area (Å²) in [5.74, 6) is -0.0971. The Morgan fingerprint density at radius 1 is 1.06 bits per heavy atom. The fourth-order valence-corrected chi connectivity index (χ4v) is 2.63. The van der Waals surface area contributed by atoms with E-state index < -0.39 is 0 Å². The van der Waals surface area contributed by atoms with Gasteiger partial charge in [0, 0.05) is 25.6 Å². The Hall–Kier alpha value is -0.830. The fraction of sp³-hybridized carbons (Fsp3) is 0.0714. The van der Waals surface area contributed by atoms with Gasteiger partial charge in [-0.25, -0.2) is 0 Å². The summed E-state index contributed by atoms with van der Waals surface area (Å²) in [5, 5.41) is 1.10. The molecule has 4 heteroatoms. The molecule has 0 saturated carbocycles. The minimum absolute atomic E-state index is 0.0971. The zero-order valence-corrected chi connectivity index (χ0v) is 12.6. The van der Waals surface area contributed by atoms with Gasteiger partial charge < -0.3 is 0 Å². The Balaban J connectivity index is 2.44. The summed E-state index contributed by atoms with van der Waals surface area (Å²) in [7, 11) is 0. The van der Waals surface area contributed by atoms with Crippen LogP contribution in [0.15, 0.2) is 40.9 Å². The van der Waals surface area contributed by atoms with Crippen molar-refractivity contribution in [3.8, 4) is 0 Å². The molecular weight excluding hydrogens is 335 g/mol. The van der Waals surface area contributed by atoms with Crippen LogP contribution in [0, 0.1) is 6.92 Å². The highest BCUT2D eigenvalue weighted by molar-refractivity contribution is 9.10. The Labute approximate surface area is 124 Å². The largest absolute Gasteiger partial charge is 0.289 e. The second kappa shape index (κ2) is 5.43. The highest BCUT2D eigenvalue weighted by Crippen LogP contribution is 2.23. The first kappa shape index (κ1) is 13.6. The van der Waals surface area contributed by atoms with Crippen molar-refractivity contribution in [3.05, 3.63) is 67.6 Å². The summed E-state index contributed by atoms with van der Waals surface area (Å²) in [4.78, 5) is 12.3. The maximum atomic E-state index is 12.3. The second-order valence-electron chi connectivity index (χ2n) is 3.95. The first-order valence-electron chi connectivity index (χ1n) is 5.24. The molecule has 2 aromatic carbocycles. The van der Waals surface area contributed by atoms with E-state index in [1.807, 2.05) is 13.0 Å². The molecule has 0 aromatic heterocycles. The van der Waals surface area contributed by atoms with Gasteiger partial charge in [0.2, 0.25) is 0 Å². The molecule has 18 heavy (non-hydrogen) atoms. The van der Waals surface area contributed by atoms with E-state index in [-0.39, 0.29) is 5.78 Å². The molecule has 2 rings (SSSR count). The zero-order valence-electron chi connectivity index (χ0n) is 9.51. The molecule has 0 N–H and O–H groups in total. The van der Waals surface area contributed by atoms with Crippen molar-refractivity contribution in [2.45, 2.75) is 6.92 Å². The lowest BCUT2D eigenvalue weighted by atomic mass is 10.0. The average Bonchev–Trinajstić information content (AvgIpc) is 2.30. The molecular formula is C14H9BrCl2O. The van der Waals surface area contributed by atoms with Crippen LogP contribution in [0.3, 0.4) is 0 Å². The Bertz CT molecular complexity index is 603. The minimum Gasteiger partial charge on any atom is -0.289 e. The van der Waals surface area contributed by atoms with E-state index in [9.17, 15) is 4.79 Å². The lowest BCUT2D eigenvalue weighted by molar-refractivity contribution is 0.103. The molecule has 0 saturated heterocycles. The first-order chi connectivity index (χ1) is 8.47. The van der Waals surface area contributed by atoms with Gasteiger partial charge in [-0.2, -0.15) is 0 Å². The van der Waals surface area contributed by atoms with Gasteiger partial charge in [0.05, 0.1) is 0 Å². The van der Waals surface area contributed by atoms with Crippen LogP contribution in [0.5, 0.6) is 0 Å². The highest BCUT2D eigenvalue weighted by Gasteiger charge is 2.11. The molecule has 0 aliphatic carbocycles. The smallest absolute Gasteiger partial charge is 0.193 e. The zero-order chi connectivity index (χ0) is 13.3. The molecule has 0 spiro atoms. The van der Waals surface area contributed by atoms with Crippen molar-refractivity contribution >= 4 is 44.9 Å². The van der Waals surface area contributed by atoms with Crippen LogP contribution in [-0.4, -0.2) is 5.78 Å². The lowest BCUT2D eigenvalue weighted by Crippen LogP contribution is -2.01. The van der Waals surface area contributed by atoms with E-state index in [1.54, 1.807) is 30.3 Å². The van der Waals surface area contributed by atoms with E-state index in [0.717, 1.165) is 10.0 Å². The molecule has 0 atom stereocenters. The predicted molar refractivity (Wildman–Crippen MR) is 78.8 cm³/mol. The van der Waals surface area contributed by atoms with E-state index in [0.29, 0.717) is 21.2 Å². The topological polar surface area (TPSA) is 17.1 Å². The predicted octanol–water partition coefficient (Wildman–Crippen LogP) is 5.30. The third kappa shape index (κ3) is 2.94. The number of carbonyl (C=O) groups is 1. The van der Waals surface area contributed by atoms with Crippen molar-refractivity contribution in [2.24, 2.45) is 0 Å². The molecule has 1 nitrogen and oxygen atoms in total. The number of benzene rings is 2. The van der Waals surface area contributed by atoms with Gasteiger partial charge in [-0.15, -0.1) is 0 Å². The number of aryl methyl sites for hydroxylation is 1. The quantitative estimate of drug-likeness (QED) is 0.676. The maximum absolute atomic E-state index is 12.3. The number of hydrogen-bond donors (Lipinski definition) is 0. The summed E-state index contributed by atoms with van der Waals surface area (Å²) in [6, 6.07) is 10.4. The van der Waals surface area contributed by atoms with E-state index >= 15 is 0 Å². The summed E-state index contributed by atoms with van der Waals surface area (Å²) in [6.45, 7) is 1.90. The molecule has 0 heterocycles. The summed E-state index contributed by atoms with van der Waals surface area (Å²) >= 11 is 15.3. The van der Waals surface area contributed by atoms with Gasteiger partial charge in [0.25, 0.3) is 0 Å². The normalized spacial score (nSPS) is 10.4. The van der Waals surface area contributed by atoms with Gasteiger partial charge in [-0.05, 0) is 36.8 Å². The third-order valence-electron chi connectivity index (χ3n) is 2.56. The SMILES string of the molecule is Cc1ccc(C(=O)c2cc(Cl)cc(Br)c2)cc1Cl. The molecule has 0 unspecified atom stereocenters. The lowest BCUT2D eigenvalue weighted by Gasteiger charge is -2.05. The maximum Gasteiger partial charge on any atom is 0.193 e. The number of rotatable bonds is 2. The number of hydrogen-bond acceptors (Lipinski definition) is 1. The van der Waals surface area contributed by atoms with E-state index in [4.69, 9.17) is 23.2 Å². The van der Waals surface area contributed by atoms with Gasteiger partial charge in [-0.1, -0.05) is 51.3 Å². The van der Waals surface area contributed by atoms with Crippen LogP contribution in [0.2, 0.25) is 10.0 Å². The molecule has 0 aliphatic rings. The van der Waals surface area contributed by atoms with E-state index in [1.165, 1.54) is 0 Å². The van der Waals surface area contributed by atoms with Crippen LogP contribution in [0.1, 0.15) is 21.5 Å². The summed E-state index contributed by atoms with van der Waals surface area (Å²) in [5.41, 5.74) is 2.04. The highest BCUT2D eigenvalue weighted by atomic mass is 79.9. The number of ketones is 1. The van der Waals surface area contributed by atoms with Crippen LogP contribution in [0.25, 0.3) is 0 Å². The molecule has 0 amide bonds. The first-order valence-corrected chi connectivity index (χ1v) is 6.79. The third-order valence-corrected chi connectivity index (χ3v) is 3.64. The Morgan fingerprint density at radius 3 is 2.39 bits per heavy atom. The second-order valence-corrected chi connectivity index (χ2v) is 5.71. The van der Waals surface area contributed by atoms with Gasteiger partial charge >= 0.3 is 0 Å². The Kier molecular flexibility index (Phi) is 4.10. The minimum atomic E-state index is -0.0971. The summed E-state index contributed by atoms with van der Waals surface area (Å²) < 4.78 is 0.775. The molecule has 2 aromatic rings. The van der Waals surface area contributed by atoms with Crippen molar-refractivity contribution in [3.63, 3.8) is 0 Å². The van der Waals surface area contributed by atoms with Crippen LogP contribution in [-0.2, 0) is 0 Å². The molecule has 0 bridgehead atoms. The molecule has 0 radical (unpaired) electrons. The van der Waals surface area contributed by atoms with Crippen molar-refractivity contribution in [1.29, 1.82) is 0 Å². The van der Waals surface area contributed by atoms with Gasteiger partial charge in [0.1, 0.15) is 0 Å². The number of carbonyl (C=O) groups excluding carboxylic acids is 1. The van der Waals surface area contributed by atoms with Crippen LogP contribution in [0.4, 0.5) is 0 Å². The molecule has 0 aliphatic heterocycles.